The molecule has 0 aliphatic carbocycles. The fourth-order valence-corrected chi connectivity index (χ4v) is 2.98. The van der Waals surface area contributed by atoms with Crippen LogP contribution < -0.4 is 14.8 Å². The van der Waals surface area contributed by atoms with Crippen molar-refractivity contribution in [3.63, 3.8) is 0 Å². The van der Waals surface area contributed by atoms with Gasteiger partial charge in [0.2, 0.25) is 0 Å². The third kappa shape index (κ3) is 3.70. The zero-order chi connectivity index (χ0) is 18.7. The van der Waals surface area contributed by atoms with Crippen LogP contribution in [0.5, 0.6) is 11.5 Å². The predicted octanol–water partition coefficient (Wildman–Crippen LogP) is 3.87. The van der Waals surface area contributed by atoms with Gasteiger partial charge >= 0.3 is 0 Å². The van der Waals surface area contributed by atoms with Gasteiger partial charge in [-0.3, -0.25) is 4.79 Å². The van der Waals surface area contributed by atoms with Crippen molar-refractivity contribution in [3.05, 3.63) is 58.7 Å². The Morgan fingerprint density at radius 2 is 2.19 bits per heavy atom. The number of methoxy groups -OCH3 is 1. The molecule has 0 bridgehead atoms. The van der Waals surface area contributed by atoms with Crippen LogP contribution in [0.2, 0.25) is 0 Å². The van der Waals surface area contributed by atoms with E-state index in [1.165, 1.54) is 0 Å². The van der Waals surface area contributed by atoms with Crippen LogP contribution in [-0.2, 0) is 11.2 Å². The zero-order valence-corrected chi connectivity index (χ0v) is 15.0. The van der Waals surface area contributed by atoms with E-state index in [0.717, 1.165) is 17.5 Å². The fraction of sp³-hybridized carbons (Fsp3) is 0.238. The molecule has 5 heteroatoms. The van der Waals surface area contributed by atoms with Crippen molar-refractivity contribution in [2.24, 2.45) is 0 Å². The van der Waals surface area contributed by atoms with Crippen molar-refractivity contribution in [2.75, 3.05) is 12.4 Å². The summed E-state index contributed by atoms with van der Waals surface area (Å²) in [5.74, 6) is 0.916. The van der Waals surface area contributed by atoms with Crippen molar-refractivity contribution in [3.8, 4) is 17.6 Å². The van der Waals surface area contributed by atoms with Gasteiger partial charge in [0.05, 0.1) is 7.11 Å². The number of aryl methyl sites for hydroxylation is 1. The number of hydrogen-bond donors (Lipinski definition) is 1. The van der Waals surface area contributed by atoms with Gasteiger partial charge in [-0.25, -0.2) is 0 Å². The molecular formula is C21H20N2O3. The van der Waals surface area contributed by atoms with Crippen LogP contribution in [0.4, 0.5) is 5.69 Å². The first-order valence-corrected chi connectivity index (χ1v) is 8.37. The molecule has 2 aromatic rings. The number of ether oxygens (including phenoxy) is 2. The third-order valence-electron chi connectivity index (χ3n) is 4.17. The van der Waals surface area contributed by atoms with Crippen LogP contribution >= 0.6 is 0 Å². The van der Waals surface area contributed by atoms with Crippen molar-refractivity contribution >= 4 is 17.7 Å². The molecule has 0 fully saturated rings. The highest BCUT2D eigenvalue weighted by molar-refractivity contribution is 6.09. The minimum Gasteiger partial charge on any atom is -0.497 e. The number of fused-ring (bicyclic) bond motifs is 1. The molecule has 1 amide bonds. The topological polar surface area (TPSA) is 71.3 Å². The molecule has 1 heterocycles. The van der Waals surface area contributed by atoms with E-state index in [2.05, 4.69) is 5.32 Å². The lowest BCUT2D eigenvalue weighted by Gasteiger charge is -2.10. The second kappa shape index (κ2) is 7.32. The number of anilines is 1. The van der Waals surface area contributed by atoms with Gasteiger partial charge in [-0.2, -0.15) is 5.26 Å². The van der Waals surface area contributed by atoms with Gasteiger partial charge < -0.3 is 14.8 Å². The van der Waals surface area contributed by atoms with Crippen LogP contribution in [0, 0.1) is 18.3 Å². The first-order valence-electron chi connectivity index (χ1n) is 8.37. The second-order valence-electron chi connectivity index (χ2n) is 6.33. The maximum atomic E-state index is 12.5. The average molecular weight is 348 g/mol. The van der Waals surface area contributed by atoms with E-state index in [1.54, 1.807) is 25.3 Å². The molecule has 1 N–H and O–H groups in total. The first kappa shape index (κ1) is 17.6. The van der Waals surface area contributed by atoms with Gasteiger partial charge in [-0.15, -0.1) is 0 Å². The van der Waals surface area contributed by atoms with Gasteiger partial charge in [-0.1, -0.05) is 12.1 Å². The normalized spacial score (nSPS) is 15.6. The largest absolute Gasteiger partial charge is 0.497 e. The van der Waals surface area contributed by atoms with E-state index < -0.39 is 5.91 Å². The monoisotopic (exact) mass is 348 g/mol. The van der Waals surface area contributed by atoms with E-state index in [0.29, 0.717) is 22.7 Å². The number of nitriles is 1. The molecule has 1 atom stereocenters. The number of nitrogens with one attached hydrogen (secondary N) is 1. The number of amides is 1. The van der Waals surface area contributed by atoms with Crippen molar-refractivity contribution < 1.29 is 14.3 Å². The molecule has 0 spiro atoms. The zero-order valence-electron chi connectivity index (χ0n) is 15.0. The predicted molar refractivity (Wildman–Crippen MR) is 100 cm³/mol. The number of hydrogen-bond acceptors (Lipinski definition) is 4. The van der Waals surface area contributed by atoms with Crippen molar-refractivity contribution in [1.29, 1.82) is 5.26 Å². The maximum Gasteiger partial charge on any atom is 0.266 e. The summed E-state index contributed by atoms with van der Waals surface area (Å²) in [7, 11) is 1.59. The van der Waals surface area contributed by atoms with Crippen LogP contribution in [0.25, 0.3) is 6.08 Å². The Labute approximate surface area is 152 Å². The van der Waals surface area contributed by atoms with E-state index in [1.807, 2.05) is 44.2 Å². The molecule has 26 heavy (non-hydrogen) atoms. The Morgan fingerprint density at radius 1 is 1.38 bits per heavy atom. The van der Waals surface area contributed by atoms with E-state index in [9.17, 15) is 10.1 Å². The number of nitrogens with zero attached hydrogens (tertiary/aromatic N) is 1. The van der Waals surface area contributed by atoms with Crippen molar-refractivity contribution in [1.82, 2.24) is 0 Å². The highest BCUT2D eigenvalue weighted by Gasteiger charge is 2.23. The summed E-state index contributed by atoms with van der Waals surface area (Å²) in [6, 6.07) is 13.1. The molecule has 132 valence electrons. The van der Waals surface area contributed by atoms with Crippen LogP contribution in [-0.4, -0.2) is 19.1 Å². The van der Waals surface area contributed by atoms with E-state index >= 15 is 0 Å². The summed E-state index contributed by atoms with van der Waals surface area (Å²) in [5.41, 5.74) is 3.36. The lowest BCUT2D eigenvalue weighted by molar-refractivity contribution is -0.112. The van der Waals surface area contributed by atoms with E-state index in [-0.39, 0.29) is 11.7 Å². The summed E-state index contributed by atoms with van der Waals surface area (Å²) in [4.78, 5) is 12.5. The smallest absolute Gasteiger partial charge is 0.266 e. The van der Waals surface area contributed by atoms with Crippen molar-refractivity contribution in [2.45, 2.75) is 26.4 Å². The second-order valence-corrected chi connectivity index (χ2v) is 6.33. The molecule has 5 nitrogen and oxygen atoms in total. The number of rotatable bonds is 4. The maximum absolute atomic E-state index is 12.5. The molecule has 1 aliphatic rings. The number of benzene rings is 2. The van der Waals surface area contributed by atoms with Gasteiger partial charge in [-0.05, 0) is 49.8 Å². The molecule has 0 saturated carbocycles. The Morgan fingerprint density at radius 3 is 2.88 bits per heavy atom. The van der Waals surface area contributed by atoms with E-state index in [4.69, 9.17) is 9.47 Å². The minimum absolute atomic E-state index is 0.00473. The Balaban J connectivity index is 1.93. The summed E-state index contributed by atoms with van der Waals surface area (Å²) in [5, 5.41) is 12.2. The number of carbonyl (C=O) groups excluding carboxylic acids is 1. The standard InChI is InChI=1S/C21H20N2O3/c1-13-5-4-6-18(7-13)23-21(24)17(12-22)9-16-11-19(25-3)10-15-8-14(2)26-20(15)16/h4-7,9-11,14H,8H2,1-3H3,(H,23,24). The molecule has 2 aromatic carbocycles. The SMILES string of the molecule is COc1cc(C=C(C#N)C(=O)Nc2cccc(C)c2)c2c(c1)CC(C)O2. The average Bonchev–Trinajstić information content (AvgIpc) is 2.99. The Kier molecular flexibility index (Phi) is 4.94. The molecule has 1 aliphatic heterocycles. The first-order chi connectivity index (χ1) is 12.5. The molecule has 0 radical (unpaired) electrons. The van der Waals surface area contributed by atoms with Crippen LogP contribution in [0.1, 0.15) is 23.6 Å². The summed E-state index contributed by atoms with van der Waals surface area (Å²) in [6.07, 6.45) is 2.37. The number of carbonyl (C=O) groups is 1. The summed E-state index contributed by atoms with van der Waals surface area (Å²) >= 11 is 0. The molecule has 0 saturated heterocycles. The summed E-state index contributed by atoms with van der Waals surface area (Å²) in [6.45, 7) is 3.92. The van der Waals surface area contributed by atoms with Crippen LogP contribution in [0.3, 0.4) is 0 Å². The highest BCUT2D eigenvalue weighted by Crippen LogP contribution is 2.37. The minimum atomic E-state index is -0.458. The highest BCUT2D eigenvalue weighted by atomic mass is 16.5. The quantitative estimate of drug-likeness (QED) is 0.672. The van der Waals surface area contributed by atoms with Gasteiger partial charge in [0.25, 0.3) is 5.91 Å². The lowest BCUT2D eigenvalue weighted by Crippen LogP contribution is -2.13. The van der Waals surface area contributed by atoms with Gasteiger partial charge in [0.15, 0.2) is 0 Å². The van der Waals surface area contributed by atoms with Gasteiger partial charge in [0.1, 0.15) is 29.2 Å². The van der Waals surface area contributed by atoms with Gasteiger partial charge in [0, 0.05) is 23.2 Å². The molecule has 3 rings (SSSR count). The molecular weight excluding hydrogens is 328 g/mol. The Hall–Kier alpha value is -3.26. The molecule has 1 unspecified atom stereocenters. The summed E-state index contributed by atoms with van der Waals surface area (Å²) < 4.78 is 11.2. The Bertz CT molecular complexity index is 925. The molecule has 0 aromatic heterocycles. The van der Waals surface area contributed by atoms with Crippen LogP contribution in [0.15, 0.2) is 42.0 Å². The lowest BCUT2D eigenvalue weighted by atomic mass is 10.0. The fourth-order valence-electron chi connectivity index (χ4n) is 2.98. The third-order valence-corrected chi connectivity index (χ3v) is 4.17.